The van der Waals surface area contributed by atoms with Crippen molar-refractivity contribution in [3.05, 3.63) is 0 Å². The summed E-state index contributed by atoms with van der Waals surface area (Å²) in [4.78, 5) is 4.76. The molecule has 0 saturated carbocycles. The number of hydrogen-bond donors (Lipinski definition) is 2. The van der Waals surface area contributed by atoms with E-state index in [0.717, 1.165) is 38.7 Å². The summed E-state index contributed by atoms with van der Waals surface area (Å²) in [7, 11) is 0. The molecule has 0 aromatic carbocycles. The number of β-amino-alcohol motifs (C(OH)–C–C–N with tert-alkyl or cyclic N) is 2. The van der Waals surface area contributed by atoms with Crippen LogP contribution in [0.4, 0.5) is 0 Å². The fraction of sp³-hybridized carbons (Fsp3) is 1.00. The van der Waals surface area contributed by atoms with Crippen LogP contribution in [0.15, 0.2) is 0 Å². The number of aliphatic hydroxyl groups excluding tert-OH is 2. The molecule has 2 N–H and O–H groups in total. The van der Waals surface area contributed by atoms with Crippen LogP contribution in [-0.2, 0) is 18.9 Å². The van der Waals surface area contributed by atoms with Gasteiger partial charge in [-0.15, -0.1) is 0 Å². The molecule has 0 amide bonds. The maximum Gasteiger partial charge on any atom is 0.0701 e. The van der Waals surface area contributed by atoms with Crippen LogP contribution in [0.1, 0.15) is 94.4 Å². The van der Waals surface area contributed by atoms with Crippen molar-refractivity contribution >= 4 is 0 Å². The van der Waals surface area contributed by atoms with Gasteiger partial charge in [-0.25, -0.2) is 0 Å². The first-order chi connectivity index (χ1) is 17.7. The van der Waals surface area contributed by atoms with E-state index in [0.29, 0.717) is 52.7 Å². The lowest BCUT2D eigenvalue weighted by atomic mass is 9.78. The molecule has 228 valence electrons. The minimum absolute atomic E-state index is 0.000675. The Labute approximate surface area is 234 Å². The van der Waals surface area contributed by atoms with Gasteiger partial charge in [-0.1, -0.05) is 6.92 Å². The minimum atomic E-state index is -0.223. The van der Waals surface area contributed by atoms with Gasteiger partial charge >= 0.3 is 0 Å². The monoisotopic (exact) mass is 546 g/mol. The van der Waals surface area contributed by atoms with Crippen LogP contribution in [0.25, 0.3) is 0 Å². The van der Waals surface area contributed by atoms with Crippen molar-refractivity contribution in [2.75, 3.05) is 72.6 Å². The summed E-state index contributed by atoms with van der Waals surface area (Å²) >= 11 is 0. The average molecular weight is 547 g/mol. The van der Waals surface area contributed by atoms with Crippen molar-refractivity contribution in [2.45, 2.75) is 123 Å². The topological polar surface area (TPSA) is 83.9 Å². The normalized spacial score (nSPS) is 18.9. The van der Waals surface area contributed by atoms with E-state index in [1.165, 1.54) is 0 Å². The quantitative estimate of drug-likeness (QED) is 0.208. The van der Waals surface area contributed by atoms with E-state index in [1.54, 1.807) is 0 Å². The molecule has 0 bridgehead atoms. The van der Waals surface area contributed by atoms with Crippen molar-refractivity contribution in [1.82, 2.24) is 9.80 Å². The predicted octanol–water partition coefficient (Wildman–Crippen LogP) is 4.11. The first-order valence-electron chi connectivity index (χ1n) is 14.9. The Morgan fingerprint density at radius 1 is 0.789 bits per heavy atom. The summed E-state index contributed by atoms with van der Waals surface area (Å²) in [6.07, 6.45) is 4.92. The maximum atomic E-state index is 9.75. The zero-order valence-corrected chi connectivity index (χ0v) is 26.3. The number of nitrogens with zero attached hydrogens (tertiary/aromatic N) is 2. The molecule has 1 saturated heterocycles. The van der Waals surface area contributed by atoms with Gasteiger partial charge in [0.15, 0.2) is 0 Å². The summed E-state index contributed by atoms with van der Waals surface area (Å²) < 4.78 is 23.7. The van der Waals surface area contributed by atoms with Gasteiger partial charge in [-0.3, -0.25) is 9.80 Å². The van der Waals surface area contributed by atoms with E-state index in [4.69, 9.17) is 18.9 Å². The Kier molecular flexibility index (Phi) is 15.8. The number of aliphatic hydroxyl groups is 2. The maximum absolute atomic E-state index is 9.75. The van der Waals surface area contributed by atoms with Gasteiger partial charge < -0.3 is 29.2 Å². The number of rotatable bonds is 21. The van der Waals surface area contributed by atoms with E-state index in [1.807, 2.05) is 0 Å². The van der Waals surface area contributed by atoms with Crippen molar-refractivity contribution in [3.63, 3.8) is 0 Å². The molecule has 0 unspecified atom stereocenters. The zero-order valence-electron chi connectivity index (χ0n) is 26.3. The zero-order chi connectivity index (χ0) is 28.9. The lowest BCUT2D eigenvalue weighted by Crippen LogP contribution is -2.62. The molecule has 0 aromatic heterocycles. The minimum Gasteiger partial charge on any atom is -0.395 e. The summed E-state index contributed by atoms with van der Waals surface area (Å²) in [6, 6.07) is 0. The molecule has 0 aromatic rings. The summed E-state index contributed by atoms with van der Waals surface area (Å²) in [5.74, 6) is 0. The van der Waals surface area contributed by atoms with Crippen LogP contribution in [0.3, 0.4) is 0 Å². The highest BCUT2D eigenvalue weighted by molar-refractivity contribution is 5.00. The van der Waals surface area contributed by atoms with Crippen molar-refractivity contribution in [2.24, 2.45) is 0 Å². The van der Waals surface area contributed by atoms with E-state index in [9.17, 15) is 10.2 Å². The van der Waals surface area contributed by atoms with Crippen LogP contribution in [0.2, 0.25) is 0 Å². The number of hydrogen-bond acceptors (Lipinski definition) is 8. The molecule has 8 nitrogen and oxygen atoms in total. The molecule has 1 heterocycles. The molecule has 0 spiro atoms. The Morgan fingerprint density at radius 2 is 1.39 bits per heavy atom. The van der Waals surface area contributed by atoms with Gasteiger partial charge in [-0.2, -0.15) is 0 Å². The van der Waals surface area contributed by atoms with Gasteiger partial charge in [0.2, 0.25) is 0 Å². The molecular weight excluding hydrogens is 484 g/mol. The van der Waals surface area contributed by atoms with E-state index >= 15 is 0 Å². The highest BCUT2D eigenvalue weighted by Gasteiger charge is 2.45. The Bertz CT molecular complexity index is 608. The Balaban J connectivity index is 2.40. The van der Waals surface area contributed by atoms with Crippen molar-refractivity contribution in [3.8, 4) is 0 Å². The molecule has 0 atom stereocenters. The van der Waals surface area contributed by atoms with Crippen LogP contribution < -0.4 is 0 Å². The van der Waals surface area contributed by atoms with E-state index in [-0.39, 0.29) is 41.5 Å². The third kappa shape index (κ3) is 12.0. The summed E-state index contributed by atoms with van der Waals surface area (Å²) in [5, 5.41) is 19.2. The number of piperidine rings is 1. The largest absolute Gasteiger partial charge is 0.395 e. The van der Waals surface area contributed by atoms with E-state index in [2.05, 4.69) is 72.1 Å². The fourth-order valence-electron chi connectivity index (χ4n) is 6.31. The third-order valence-corrected chi connectivity index (χ3v) is 7.84. The van der Waals surface area contributed by atoms with Gasteiger partial charge in [0, 0.05) is 61.7 Å². The molecule has 8 heteroatoms. The van der Waals surface area contributed by atoms with Gasteiger partial charge in [0.25, 0.3) is 0 Å². The lowest BCUT2D eigenvalue weighted by Gasteiger charge is -2.55. The smallest absolute Gasteiger partial charge is 0.0701 e. The second-order valence-electron chi connectivity index (χ2n) is 13.3. The molecule has 1 rings (SSSR count). The Morgan fingerprint density at radius 3 is 1.97 bits per heavy atom. The highest BCUT2D eigenvalue weighted by atomic mass is 16.5. The summed E-state index contributed by atoms with van der Waals surface area (Å²) in [6.45, 7) is 26.0. The third-order valence-electron chi connectivity index (χ3n) is 7.84. The lowest BCUT2D eigenvalue weighted by molar-refractivity contribution is -0.109. The molecule has 1 fully saturated rings. The fourth-order valence-corrected chi connectivity index (χ4v) is 6.31. The Hall–Kier alpha value is -0.320. The number of likely N-dealkylation sites (tertiary alicyclic amines) is 1. The van der Waals surface area contributed by atoms with Crippen LogP contribution in [-0.4, -0.2) is 121 Å². The molecule has 1 aliphatic rings. The standard InChI is InChI=1S/C30H62N2O6/c1-10-17-35-21-22-37-25-30(8,9)31(13-15-33)27(2,3)12-20-36-18-11-19-38-26-23-28(4,5)32(14-16-34)29(6,7)24-26/h26,33-34H,10-25H2,1-9H3. The van der Waals surface area contributed by atoms with E-state index < -0.39 is 0 Å². The van der Waals surface area contributed by atoms with Gasteiger partial charge in [0.1, 0.15) is 0 Å². The van der Waals surface area contributed by atoms with Crippen LogP contribution >= 0.6 is 0 Å². The molecule has 0 radical (unpaired) electrons. The van der Waals surface area contributed by atoms with Crippen molar-refractivity contribution < 1.29 is 29.2 Å². The molecule has 0 aliphatic carbocycles. The molecular formula is C30H62N2O6. The first-order valence-corrected chi connectivity index (χ1v) is 14.9. The SMILES string of the molecule is CCCOCCOCC(C)(C)N(CCO)C(C)(C)CCOCCCOC1CC(C)(C)N(CCO)C(C)(C)C1. The van der Waals surface area contributed by atoms with Crippen LogP contribution in [0.5, 0.6) is 0 Å². The first kappa shape index (κ1) is 35.7. The summed E-state index contributed by atoms with van der Waals surface area (Å²) in [5.41, 5.74) is -0.373. The van der Waals surface area contributed by atoms with Crippen LogP contribution in [0, 0.1) is 0 Å². The number of ether oxygens (including phenoxy) is 4. The second-order valence-corrected chi connectivity index (χ2v) is 13.3. The predicted molar refractivity (Wildman–Crippen MR) is 155 cm³/mol. The molecule has 38 heavy (non-hydrogen) atoms. The van der Waals surface area contributed by atoms with Crippen molar-refractivity contribution in [1.29, 1.82) is 0 Å². The second kappa shape index (κ2) is 16.8. The average Bonchev–Trinajstić information content (AvgIpc) is 2.80. The highest BCUT2D eigenvalue weighted by Crippen LogP contribution is 2.39. The molecule has 1 aliphatic heterocycles. The van der Waals surface area contributed by atoms with Gasteiger partial charge in [-0.05, 0) is 87.5 Å². The van der Waals surface area contributed by atoms with Gasteiger partial charge in [0.05, 0.1) is 39.1 Å².